The number of carboxylic acid groups (broad SMARTS) is 1. The molecule has 0 aliphatic heterocycles. The molecule has 0 radical (unpaired) electrons. The molecule has 0 amide bonds. The molecule has 0 bridgehead atoms. The van der Waals surface area contributed by atoms with Crippen molar-refractivity contribution >= 4 is 5.97 Å². The van der Waals surface area contributed by atoms with Gasteiger partial charge in [0, 0.05) is 12.3 Å². The Kier molecular flexibility index (Phi) is 3.51. The summed E-state index contributed by atoms with van der Waals surface area (Å²) in [5.74, 6) is -1.75. The Morgan fingerprint density at radius 1 is 1.15 bits per heavy atom. The van der Waals surface area contributed by atoms with E-state index in [0.717, 1.165) is 18.3 Å². The number of nitrogens with zero attached hydrogens (tertiary/aromatic N) is 1. The van der Waals surface area contributed by atoms with Crippen LogP contribution in [0.5, 0.6) is 5.75 Å². The number of aromatic hydroxyl groups is 1. The average molecular weight is 281 g/mol. The maximum Gasteiger partial charge on any atom is 0.339 e. The van der Waals surface area contributed by atoms with Crippen LogP contribution in [0.15, 0.2) is 41.3 Å². The Morgan fingerprint density at radius 3 is 2.30 bits per heavy atom. The van der Waals surface area contributed by atoms with E-state index < -0.39 is 23.8 Å². The molecule has 0 aliphatic rings. The molecular weight excluding hydrogens is 272 g/mol. The van der Waals surface area contributed by atoms with E-state index in [0.29, 0.717) is 11.1 Å². The van der Waals surface area contributed by atoms with E-state index in [1.165, 1.54) is 18.2 Å². The third-order valence-corrected chi connectivity index (χ3v) is 2.72. The molecule has 0 unspecified atom stereocenters. The van der Waals surface area contributed by atoms with E-state index in [1.807, 2.05) is 0 Å². The molecule has 1 aromatic heterocycles. The number of phenols is 1. The number of halogens is 2. The molecule has 2 rings (SSSR count). The van der Waals surface area contributed by atoms with E-state index in [1.54, 1.807) is 0 Å². The van der Waals surface area contributed by atoms with Crippen molar-refractivity contribution in [3.05, 3.63) is 52.4 Å². The lowest BCUT2D eigenvalue weighted by Crippen LogP contribution is -2.18. The van der Waals surface area contributed by atoms with Crippen LogP contribution in [0.25, 0.3) is 11.1 Å². The molecule has 1 heterocycles. The lowest BCUT2D eigenvalue weighted by Gasteiger charge is -2.07. The molecule has 20 heavy (non-hydrogen) atoms. The normalized spacial score (nSPS) is 10.8. The summed E-state index contributed by atoms with van der Waals surface area (Å²) in [6, 6.07) is 5.98. The lowest BCUT2D eigenvalue weighted by atomic mass is 10.0. The first-order valence-electron chi connectivity index (χ1n) is 5.47. The second kappa shape index (κ2) is 5.12. The maximum atomic E-state index is 12.4. The Hall–Kier alpha value is -2.70. The van der Waals surface area contributed by atoms with Gasteiger partial charge in [-0.05, 0) is 29.3 Å². The van der Waals surface area contributed by atoms with Gasteiger partial charge in [-0.3, -0.25) is 9.36 Å². The smallest absolute Gasteiger partial charge is 0.339 e. The van der Waals surface area contributed by atoms with Crippen LogP contribution in [-0.4, -0.2) is 20.7 Å². The molecule has 104 valence electrons. The van der Waals surface area contributed by atoms with Crippen LogP contribution in [0.4, 0.5) is 8.78 Å². The van der Waals surface area contributed by atoms with Gasteiger partial charge in [0.2, 0.25) is 0 Å². The third-order valence-electron chi connectivity index (χ3n) is 2.72. The van der Waals surface area contributed by atoms with Crippen LogP contribution in [0.2, 0.25) is 0 Å². The highest BCUT2D eigenvalue weighted by atomic mass is 19.3. The highest BCUT2D eigenvalue weighted by Crippen LogP contribution is 2.26. The minimum absolute atomic E-state index is 0.259. The number of carboxylic acids is 1. The van der Waals surface area contributed by atoms with E-state index in [-0.39, 0.29) is 10.1 Å². The zero-order valence-corrected chi connectivity index (χ0v) is 9.96. The highest BCUT2D eigenvalue weighted by Gasteiger charge is 2.12. The van der Waals surface area contributed by atoms with Crippen molar-refractivity contribution < 1.29 is 23.8 Å². The standard InChI is InChI=1S/C13H9F2NO4/c14-13(15)16-4-3-8(6-11(16)18)7-1-2-9(12(19)20)10(17)5-7/h1-6,13,17H,(H,19,20). The van der Waals surface area contributed by atoms with Crippen molar-refractivity contribution in [1.82, 2.24) is 4.57 Å². The fraction of sp³-hybridized carbons (Fsp3) is 0.0769. The number of aromatic carboxylic acids is 1. The summed E-state index contributed by atoms with van der Waals surface area (Å²) in [7, 11) is 0. The molecule has 0 aliphatic carbocycles. The Balaban J connectivity index is 2.47. The Morgan fingerprint density at radius 2 is 1.80 bits per heavy atom. The summed E-state index contributed by atoms with van der Waals surface area (Å²) in [5, 5.41) is 18.3. The van der Waals surface area contributed by atoms with Gasteiger partial charge >= 0.3 is 12.5 Å². The number of hydrogen-bond donors (Lipinski definition) is 2. The lowest BCUT2D eigenvalue weighted by molar-refractivity contribution is 0.0662. The van der Waals surface area contributed by atoms with Crippen molar-refractivity contribution in [3.8, 4) is 16.9 Å². The summed E-state index contributed by atoms with van der Waals surface area (Å²) < 4.78 is 25.1. The van der Waals surface area contributed by atoms with Crippen LogP contribution in [0.1, 0.15) is 16.9 Å². The van der Waals surface area contributed by atoms with Gasteiger partial charge in [0.15, 0.2) is 0 Å². The summed E-state index contributed by atoms with van der Waals surface area (Å²) in [4.78, 5) is 22.2. The zero-order chi connectivity index (χ0) is 14.9. The minimum Gasteiger partial charge on any atom is -0.507 e. The predicted molar refractivity (Wildman–Crippen MR) is 66.0 cm³/mol. The molecular formula is C13H9F2NO4. The first-order chi connectivity index (χ1) is 9.40. The highest BCUT2D eigenvalue weighted by molar-refractivity contribution is 5.91. The topological polar surface area (TPSA) is 79.5 Å². The zero-order valence-electron chi connectivity index (χ0n) is 9.96. The van der Waals surface area contributed by atoms with Gasteiger partial charge in [-0.1, -0.05) is 6.07 Å². The summed E-state index contributed by atoms with van der Waals surface area (Å²) in [5.41, 5.74) is -0.515. The van der Waals surface area contributed by atoms with E-state index in [9.17, 15) is 23.5 Å². The third kappa shape index (κ3) is 2.51. The molecule has 5 nitrogen and oxygen atoms in total. The van der Waals surface area contributed by atoms with Crippen molar-refractivity contribution in [1.29, 1.82) is 0 Å². The SMILES string of the molecule is O=C(O)c1ccc(-c2ccn(C(F)F)c(=O)c2)cc1O. The Bertz CT molecular complexity index is 725. The van der Waals surface area contributed by atoms with Gasteiger partial charge < -0.3 is 10.2 Å². The van der Waals surface area contributed by atoms with Crippen LogP contribution in [0, 0.1) is 0 Å². The monoisotopic (exact) mass is 281 g/mol. The molecule has 2 aromatic rings. The number of pyridine rings is 1. The molecule has 7 heteroatoms. The number of rotatable bonds is 3. The van der Waals surface area contributed by atoms with Crippen molar-refractivity contribution in [2.75, 3.05) is 0 Å². The van der Waals surface area contributed by atoms with Crippen LogP contribution >= 0.6 is 0 Å². The van der Waals surface area contributed by atoms with Crippen molar-refractivity contribution in [2.45, 2.75) is 6.55 Å². The Labute approximate surface area is 111 Å². The van der Waals surface area contributed by atoms with Crippen LogP contribution in [0.3, 0.4) is 0 Å². The predicted octanol–water partition coefficient (Wildman–Crippen LogP) is 2.31. The largest absolute Gasteiger partial charge is 0.507 e. The fourth-order valence-electron chi connectivity index (χ4n) is 1.72. The van der Waals surface area contributed by atoms with Crippen molar-refractivity contribution in [3.63, 3.8) is 0 Å². The molecule has 1 aromatic carbocycles. The van der Waals surface area contributed by atoms with Gasteiger partial charge in [0.1, 0.15) is 11.3 Å². The quantitative estimate of drug-likeness (QED) is 0.904. The number of alkyl halides is 2. The molecule has 0 fully saturated rings. The summed E-state index contributed by atoms with van der Waals surface area (Å²) >= 11 is 0. The van der Waals surface area contributed by atoms with E-state index in [2.05, 4.69) is 0 Å². The molecule has 0 saturated heterocycles. The number of carbonyl (C=O) groups is 1. The van der Waals surface area contributed by atoms with E-state index in [4.69, 9.17) is 5.11 Å². The fourth-order valence-corrected chi connectivity index (χ4v) is 1.72. The molecule has 0 spiro atoms. The number of benzene rings is 1. The van der Waals surface area contributed by atoms with E-state index >= 15 is 0 Å². The second-order valence-electron chi connectivity index (χ2n) is 3.98. The molecule has 2 N–H and O–H groups in total. The molecule has 0 saturated carbocycles. The summed E-state index contributed by atoms with van der Waals surface area (Å²) in [6.45, 7) is -2.93. The van der Waals surface area contributed by atoms with Gasteiger partial charge in [0.25, 0.3) is 5.56 Å². The number of hydrogen-bond acceptors (Lipinski definition) is 3. The van der Waals surface area contributed by atoms with Crippen LogP contribution in [-0.2, 0) is 0 Å². The minimum atomic E-state index is -2.93. The van der Waals surface area contributed by atoms with Gasteiger partial charge in [-0.2, -0.15) is 8.78 Å². The average Bonchev–Trinajstić information content (AvgIpc) is 2.37. The second-order valence-corrected chi connectivity index (χ2v) is 3.98. The first-order valence-corrected chi connectivity index (χ1v) is 5.47. The van der Waals surface area contributed by atoms with Gasteiger partial charge in [0.05, 0.1) is 0 Å². The summed E-state index contributed by atoms with van der Waals surface area (Å²) in [6.07, 6.45) is 0.935. The first kappa shape index (κ1) is 13.7. The van der Waals surface area contributed by atoms with Gasteiger partial charge in [-0.25, -0.2) is 4.79 Å². The van der Waals surface area contributed by atoms with Gasteiger partial charge in [-0.15, -0.1) is 0 Å². The van der Waals surface area contributed by atoms with Crippen molar-refractivity contribution in [2.24, 2.45) is 0 Å². The molecule has 0 atom stereocenters. The number of aromatic nitrogens is 1. The van der Waals surface area contributed by atoms with Crippen LogP contribution < -0.4 is 5.56 Å². The maximum absolute atomic E-state index is 12.4.